The molecule has 17 heavy (non-hydrogen) atoms. The predicted octanol–water partition coefficient (Wildman–Crippen LogP) is 4.65. The molecule has 0 heterocycles. The first-order chi connectivity index (χ1) is 7.48. The van der Waals surface area contributed by atoms with Crippen molar-refractivity contribution in [2.24, 2.45) is 4.52 Å². The molecule has 0 N–H and O–H groups in total. The van der Waals surface area contributed by atoms with Gasteiger partial charge in [0.05, 0.1) is 0 Å². The Morgan fingerprint density at radius 1 is 0.882 bits per heavy atom. The zero-order valence-corrected chi connectivity index (χ0v) is 17.9. The number of nitrogens with zero attached hydrogens (tertiary/aromatic N) is 1. The van der Waals surface area contributed by atoms with Gasteiger partial charge in [-0.15, -0.1) is 0 Å². The zero-order valence-electron chi connectivity index (χ0n) is 12.5. The Hall–Kier alpha value is 1.70. The molecular formula is C12H29NP2Se2+. The van der Waals surface area contributed by atoms with Crippen LogP contribution in [0.3, 0.4) is 0 Å². The van der Waals surface area contributed by atoms with Crippen LogP contribution in [0.5, 0.6) is 0 Å². The molecule has 0 aromatic carbocycles. The minimum absolute atomic E-state index is 0.656. The molecule has 0 aromatic rings. The van der Waals surface area contributed by atoms with Gasteiger partial charge in [-0.3, -0.25) is 0 Å². The van der Waals surface area contributed by atoms with Crippen LogP contribution in [0.4, 0.5) is 0 Å². The van der Waals surface area contributed by atoms with Gasteiger partial charge in [-0.2, -0.15) is 0 Å². The molecule has 1 nitrogen and oxygen atoms in total. The number of rotatable bonds is 5. The van der Waals surface area contributed by atoms with Gasteiger partial charge < -0.3 is 0 Å². The molecule has 0 aliphatic carbocycles. The second-order valence-corrected chi connectivity index (χ2v) is 21.1. The van der Waals surface area contributed by atoms with Gasteiger partial charge in [-0.05, 0) is 0 Å². The summed E-state index contributed by atoms with van der Waals surface area (Å²) in [7, 11) is 0. The monoisotopic (exact) mass is 409 g/mol. The summed E-state index contributed by atoms with van der Waals surface area (Å²) in [4.78, 5) is 0. The van der Waals surface area contributed by atoms with Crippen molar-refractivity contribution in [3.8, 4) is 0 Å². The van der Waals surface area contributed by atoms with Crippen molar-refractivity contribution in [1.82, 2.24) is 0 Å². The molecule has 0 aliphatic heterocycles. The van der Waals surface area contributed by atoms with Crippen LogP contribution in [0.25, 0.3) is 0 Å². The fourth-order valence-electron chi connectivity index (χ4n) is 1.83. The molecule has 103 valence electrons. The molecule has 0 aromatic heterocycles. The SMILES string of the molecule is CC(C)P([SeH])(=N[P+]([Se])(C(C)C)C(C)C)C(C)C. The van der Waals surface area contributed by atoms with Gasteiger partial charge in [-0.25, -0.2) is 0 Å². The summed E-state index contributed by atoms with van der Waals surface area (Å²) in [6.07, 6.45) is -1.31. The van der Waals surface area contributed by atoms with Crippen molar-refractivity contribution in [2.45, 2.75) is 78.0 Å². The Kier molecular flexibility index (Phi) is 7.62. The standard InChI is InChI=1S/C12H29NP2Se2/c1-9(2)14(16,10(3)4)13-15(17,11(5)6)12(7)8/h9-12,16H,1-8H3/q+1. The van der Waals surface area contributed by atoms with E-state index in [2.05, 4.69) is 86.5 Å². The molecule has 0 saturated heterocycles. The van der Waals surface area contributed by atoms with Gasteiger partial charge in [-0.1, -0.05) is 0 Å². The third-order valence-electron chi connectivity index (χ3n) is 3.28. The summed E-state index contributed by atoms with van der Waals surface area (Å²) in [5, 5.41) is 0. The van der Waals surface area contributed by atoms with E-state index in [0.29, 0.717) is 22.6 Å². The predicted molar refractivity (Wildman–Crippen MR) is 89.7 cm³/mol. The number of hydrogen-bond donors (Lipinski definition) is 0. The molecular weight excluding hydrogens is 378 g/mol. The number of hydrogen-bond acceptors (Lipinski definition) is 1. The van der Waals surface area contributed by atoms with Crippen molar-refractivity contribution in [1.29, 1.82) is 0 Å². The van der Waals surface area contributed by atoms with E-state index in [-0.39, 0.29) is 0 Å². The Bertz CT molecular complexity index is 279. The Morgan fingerprint density at radius 3 is 1.35 bits per heavy atom. The fourth-order valence-corrected chi connectivity index (χ4v) is 16.5. The summed E-state index contributed by atoms with van der Waals surface area (Å²) in [6, 6.07) is 0. The summed E-state index contributed by atoms with van der Waals surface area (Å²) in [5.41, 5.74) is 2.66. The van der Waals surface area contributed by atoms with Gasteiger partial charge in [0.25, 0.3) is 0 Å². The van der Waals surface area contributed by atoms with E-state index in [4.69, 9.17) is 4.52 Å². The molecule has 0 rings (SSSR count). The quantitative estimate of drug-likeness (QED) is 0.465. The van der Waals surface area contributed by atoms with Gasteiger partial charge in [0.2, 0.25) is 0 Å². The van der Waals surface area contributed by atoms with E-state index < -0.39 is 11.8 Å². The third kappa shape index (κ3) is 4.34. The van der Waals surface area contributed by atoms with Gasteiger partial charge in [0.15, 0.2) is 0 Å². The van der Waals surface area contributed by atoms with Crippen LogP contribution >= 0.6 is 11.8 Å². The normalized spacial score (nSPS) is 14.2. The topological polar surface area (TPSA) is 12.4 Å². The van der Waals surface area contributed by atoms with E-state index in [0.717, 1.165) is 0 Å². The van der Waals surface area contributed by atoms with E-state index in [1.165, 1.54) is 0 Å². The van der Waals surface area contributed by atoms with Crippen molar-refractivity contribution < 1.29 is 0 Å². The first-order valence-electron chi connectivity index (χ1n) is 6.43. The Labute approximate surface area is 125 Å². The Morgan fingerprint density at radius 2 is 1.18 bits per heavy atom. The van der Waals surface area contributed by atoms with E-state index >= 15 is 0 Å². The first-order valence-corrected chi connectivity index (χ1v) is 14.9. The Balaban J connectivity index is 5.73. The molecule has 0 unspecified atom stereocenters. The van der Waals surface area contributed by atoms with Crippen LogP contribution < -0.4 is 0 Å². The summed E-state index contributed by atoms with van der Waals surface area (Å²) in [5.74, 6) is -1.26. The maximum atomic E-state index is 5.48. The molecule has 1 radical (unpaired) electrons. The van der Waals surface area contributed by atoms with E-state index in [1.54, 1.807) is 0 Å². The van der Waals surface area contributed by atoms with Gasteiger partial charge in [0, 0.05) is 0 Å². The van der Waals surface area contributed by atoms with Crippen molar-refractivity contribution in [2.75, 3.05) is 0 Å². The van der Waals surface area contributed by atoms with Crippen molar-refractivity contribution in [3.63, 3.8) is 0 Å². The van der Waals surface area contributed by atoms with Crippen molar-refractivity contribution >= 4 is 43.0 Å². The molecule has 5 heteroatoms. The molecule has 0 atom stereocenters. The maximum absolute atomic E-state index is 5.48. The third-order valence-corrected chi connectivity index (χ3v) is 25.6. The summed E-state index contributed by atoms with van der Waals surface area (Å²) >= 11 is 6.49. The fraction of sp³-hybridized carbons (Fsp3) is 1.00. The summed E-state index contributed by atoms with van der Waals surface area (Å²) in [6.45, 7) is 18.6. The van der Waals surface area contributed by atoms with Crippen molar-refractivity contribution in [3.05, 3.63) is 0 Å². The second kappa shape index (κ2) is 6.92. The minimum atomic E-state index is -1.31. The van der Waals surface area contributed by atoms with Crippen LogP contribution in [0.2, 0.25) is 0 Å². The van der Waals surface area contributed by atoms with Gasteiger partial charge in [0.1, 0.15) is 0 Å². The molecule has 0 aliphatic rings. The van der Waals surface area contributed by atoms with Gasteiger partial charge >= 0.3 is 126 Å². The molecule has 0 saturated carbocycles. The molecule has 0 bridgehead atoms. The zero-order chi connectivity index (χ0) is 14.0. The van der Waals surface area contributed by atoms with Crippen LogP contribution in [0.15, 0.2) is 4.52 Å². The summed E-state index contributed by atoms with van der Waals surface area (Å²) < 4.78 is 5.48. The van der Waals surface area contributed by atoms with E-state index in [9.17, 15) is 0 Å². The molecule has 0 amide bonds. The van der Waals surface area contributed by atoms with Crippen LogP contribution in [0.1, 0.15) is 55.4 Å². The molecule has 0 spiro atoms. The first kappa shape index (κ1) is 18.7. The van der Waals surface area contributed by atoms with Crippen LogP contribution in [-0.4, -0.2) is 53.8 Å². The second-order valence-electron chi connectivity index (χ2n) is 5.84. The average Bonchev–Trinajstić information content (AvgIpc) is 2.15. The van der Waals surface area contributed by atoms with E-state index in [1.807, 2.05) is 0 Å². The van der Waals surface area contributed by atoms with Crippen LogP contribution in [-0.2, 0) is 0 Å². The van der Waals surface area contributed by atoms with Crippen LogP contribution in [0, 0.1) is 0 Å². The molecule has 0 fully saturated rings. The average molecular weight is 407 g/mol.